The van der Waals surface area contributed by atoms with Crippen LogP contribution in [0.25, 0.3) is 0 Å². The van der Waals surface area contributed by atoms with Gasteiger partial charge in [-0.05, 0) is 33.8 Å². The van der Waals surface area contributed by atoms with Crippen molar-refractivity contribution in [3.8, 4) is 0 Å². The van der Waals surface area contributed by atoms with Crippen LogP contribution >= 0.6 is 15.9 Å². The molecule has 2 heterocycles. The molecule has 0 saturated heterocycles. The monoisotopic (exact) mass is 311 g/mol. The average Bonchev–Trinajstić information content (AvgIpc) is 2.73. The lowest BCUT2D eigenvalue weighted by Gasteiger charge is -2.32. The van der Waals surface area contributed by atoms with E-state index in [0.29, 0.717) is 16.8 Å². The lowest BCUT2D eigenvalue weighted by atomic mass is 9.83. The maximum atomic E-state index is 12.2. The lowest BCUT2D eigenvalue weighted by Crippen LogP contribution is -2.36. The van der Waals surface area contributed by atoms with Gasteiger partial charge < -0.3 is 9.32 Å². The largest absolute Gasteiger partial charge is 0.457 e. The van der Waals surface area contributed by atoms with E-state index in [0.717, 1.165) is 13.0 Å². The fourth-order valence-corrected chi connectivity index (χ4v) is 2.56. The van der Waals surface area contributed by atoms with Crippen molar-refractivity contribution >= 4 is 21.8 Å². The Kier molecular flexibility index (Phi) is 3.66. The minimum Gasteiger partial charge on any atom is -0.457 e. The summed E-state index contributed by atoms with van der Waals surface area (Å²) in [5.74, 6) is 0.0276. The highest BCUT2D eigenvalue weighted by atomic mass is 79.9. The Bertz CT molecular complexity index is 482. The Hall–Kier alpha value is -1.03. The van der Waals surface area contributed by atoms with Crippen LogP contribution in [0, 0.1) is 5.41 Å². The molecule has 0 atom stereocenters. The van der Waals surface area contributed by atoms with Crippen LogP contribution in [0.2, 0.25) is 0 Å². The first-order valence-electron chi connectivity index (χ1n) is 6.11. The highest BCUT2D eigenvalue weighted by Crippen LogP contribution is 2.30. The predicted molar refractivity (Wildman–Crippen MR) is 74.5 cm³/mol. The van der Waals surface area contributed by atoms with Gasteiger partial charge in [0.05, 0.1) is 11.8 Å². The van der Waals surface area contributed by atoms with Gasteiger partial charge in [-0.1, -0.05) is 32.4 Å². The van der Waals surface area contributed by atoms with Gasteiger partial charge in [-0.15, -0.1) is 0 Å². The van der Waals surface area contributed by atoms with Gasteiger partial charge in [0.25, 0.3) is 5.91 Å². The summed E-state index contributed by atoms with van der Waals surface area (Å²) in [7, 11) is 0. The number of rotatable bonds is 1. The number of hydrogen-bond donors (Lipinski definition) is 0. The smallest absolute Gasteiger partial charge is 0.258 e. The molecule has 18 heavy (non-hydrogen) atoms. The Morgan fingerprint density at radius 3 is 2.61 bits per heavy atom. The molecule has 98 valence electrons. The minimum atomic E-state index is 0.0276. The molecule has 0 aromatic carbocycles. The summed E-state index contributed by atoms with van der Waals surface area (Å²) in [5.41, 5.74) is 2.23. The summed E-state index contributed by atoms with van der Waals surface area (Å²) in [4.78, 5) is 14.1. The molecule has 1 aliphatic rings. The number of carbonyl (C=O) groups excluding carboxylic acids is 1. The van der Waals surface area contributed by atoms with Crippen LogP contribution in [-0.4, -0.2) is 23.9 Å². The molecule has 4 heteroatoms. The van der Waals surface area contributed by atoms with E-state index in [-0.39, 0.29) is 11.3 Å². The van der Waals surface area contributed by atoms with Crippen molar-refractivity contribution in [2.45, 2.75) is 27.2 Å². The van der Waals surface area contributed by atoms with Crippen LogP contribution < -0.4 is 0 Å². The van der Waals surface area contributed by atoms with Crippen molar-refractivity contribution in [2.24, 2.45) is 5.41 Å². The van der Waals surface area contributed by atoms with Crippen molar-refractivity contribution in [1.29, 1.82) is 0 Å². The maximum Gasteiger partial charge on any atom is 0.258 e. The van der Waals surface area contributed by atoms with E-state index in [1.165, 1.54) is 11.8 Å². The van der Waals surface area contributed by atoms with E-state index < -0.39 is 0 Å². The molecular formula is C14H18BrNO2. The molecule has 0 N–H and O–H groups in total. The van der Waals surface area contributed by atoms with Gasteiger partial charge in [0.2, 0.25) is 0 Å². The van der Waals surface area contributed by atoms with Crippen molar-refractivity contribution in [3.63, 3.8) is 0 Å². The maximum absolute atomic E-state index is 12.2. The lowest BCUT2D eigenvalue weighted by molar-refractivity contribution is 0.0763. The van der Waals surface area contributed by atoms with Gasteiger partial charge in [-0.25, -0.2) is 0 Å². The standard InChI is InChI=1S/C14H18BrNO2/c1-14(2,3)10-4-7-16(8-5-10)13(17)11-6-9-18-12(11)15/h4,6,9H,5,7-8H2,1-3H3. The van der Waals surface area contributed by atoms with Crippen LogP contribution in [0.4, 0.5) is 0 Å². The molecule has 2 rings (SSSR count). The third-order valence-corrected chi connectivity index (χ3v) is 3.92. The van der Waals surface area contributed by atoms with Crippen LogP contribution in [-0.2, 0) is 0 Å². The topological polar surface area (TPSA) is 33.5 Å². The van der Waals surface area contributed by atoms with E-state index in [1.54, 1.807) is 6.07 Å². The molecule has 0 unspecified atom stereocenters. The quantitative estimate of drug-likeness (QED) is 0.738. The second-order valence-electron chi connectivity index (χ2n) is 5.59. The third kappa shape index (κ3) is 2.69. The predicted octanol–water partition coefficient (Wildman–Crippen LogP) is 3.86. The van der Waals surface area contributed by atoms with Crippen LogP contribution in [0.5, 0.6) is 0 Å². The molecular weight excluding hydrogens is 294 g/mol. The Morgan fingerprint density at radius 2 is 2.17 bits per heavy atom. The normalized spacial score (nSPS) is 16.7. The summed E-state index contributed by atoms with van der Waals surface area (Å²) in [5, 5.41) is 0. The van der Waals surface area contributed by atoms with Crippen LogP contribution in [0.1, 0.15) is 37.6 Å². The molecule has 0 saturated carbocycles. The average molecular weight is 312 g/mol. The van der Waals surface area contributed by atoms with Crippen molar-refractivity contribution in [2.75, 3.05) is 13.1 Å². The minimum absolute atomic E-state index is 0.0276. The molecule has 1 aliphatic heterocycles. The summed E-state index contributed by atoms with van der Waals surface area (Å²) < 4.78 is 5.62. The molecule has 1 aromatic rings. The van der Waals surface area contributed by atoms with Crippen LogP contribution in [0.15, 0.2) is 33.1 Å². The van der Waals surface area contributed by atoms with Crippen molar-refractivity contribution in [1.82, 2.24) is 4.90 Å². The molecule has 0 radical (unpaired) electrons. The molecule has 0 aliphatic carbocycles. The number of carbonyl (C=O) groups is 1. The van der Waals surface area contributed by atoms with Gasteiger partial charge >= 0.3 is 0 Å². The Labute approximate surface area is 116 Å². The molecule has 1 aromatic heterocycles. The molecule has 0 spiro atoms. The first-order valence-corrected chi connectivity index (χ1v) is 6.90. The van der Waals surface area contributed by atoms with Crippen molar-refractivity contribution in [3.05, 3.63) is 34.2 Å². The highest BCUT2D eigenvalue weighted by molar-refractivity contribution is 9.10. The molecule has 1 amide bonds. The summed E-state index contributed by atoms with van der Waals surface area (Å²) in [6.45, 7) is 8.09. The van der Waals surface area contributed by atoms with Gasteiger partial charge in [-0.2, -0.15) is 0 Å². The van der Waals surface area contributed by atoms with E-state index in [1.807, 2.05) is 4.90 Å². The molecule has 0 fully saturated rings. The van der Waals surface area contributed by atoms with E-state index in [2.05, 4.69) is 42.8 Å². The summed E-state index contributed by atoms with van der Waals surface area (Å²) in [6.07, 6.45) is 4.65. The zero-order valence-electron chi connectivity index (χ0n) is 11.0. The van der Waals surface area contributed by atoms with Gasteiger partial charge in [0.1, 0.15) is 0 Å². The second-order valence-corrected chi connectivity index (χ2v) is 6.31. The second kappa shape index (κ2) is 4.92. The van der Waals surface area contributed by atoms with Gasteiger partial charge in [0, 0.05) is 13.1 Å². The van der Waals surface area contributed by atoms with Crippen LogP contribution in [0.3, 0.4) is 0 Å². The fraction of sp³-hybridized carbons (Fsp3) is 0.500. The van der Waals surface area contributed by atoms with Crippen molar-refractivity contribution < 1.29 is 9.21 Å². The summed E-state index contributed by atoms with van der Waals surface area (Å²) in [6, 6.07) is 1.70. The number of amides is 1. The molecule has 3 nitrogen and oxygen atoms in total. The van der Waals surface area contributed by atoms with E-state index in [4.69, 9.17) is 4.42 Å². The molecule has 0 bridgehead atoms. The SMILES string of the molecule is CC(C)(C)C1=CCN(C(=O)c2ccoc2Br)CC1. The fourth-order valence-electron chi connectivity index (χ4n) is 2.15. The summed E-state index contributed by atoms with van der Waals surface area (Å²) >= 11 is 3.25. The highest BCUT2D eigenvalue weighted by Gasteiger charge is 2.25. The zero-order valence-corrected chi connectivity index (χ0v) is 12.6. The number of furan rings is 1. The zero-order chi connectivity index (χ0) is 13.3. The Balaban J connectivity index is 2.09. The number of halogens is 1. The van der Waals surface area contributed by atoms with Gasteiger partial charge in [0.15, 0.2) is 4.67 Å². The number of hydrogen-bond acceptors (Lipinski definition) is 2. The number of nitrogens with zero attached hydrogens (tertiary/aromatic N) is 1. The third-order valence-electron chi connectivity index (χ3n) is 3.31. The first-order chi connectivity index (χ1) is 8.39. The van der Waals surface area contributed by atoms with Gasteiger partial charge in [-0.3, -0.25) is 4.79 Å². The first kappa shape index (κ1) is 13.4. The van der Waals surface area contributed by atoms with E-state index >= 15 is 0 Å². The Morgan fingerprint density at radius 1 is 1.44 bits per heavy atom. The van der Waals surface area contributed by atoms with E-state index in [9.17, 15) is 4.79 Å².